The number of anilines is 2. The summed E-state index contributed by atoms with van der Waals surface area (Å²) in [5, 5.41) is 13.3. The lowest BCUT2D eigenvalue weighted by molar-refractivity contribution is 0.475. The molecule has 0 aliphatic heterocycles. The molecule has 1 aromatic heterocycles. The Hall–Kier alpha value is -1.97. The van der Waals surface area contributed by atoms with Crippen LogP contribution in [0.2, 0.25) is 0 Å². The van der Waals surface area contributed by atoms with Crippen LogP contribution in [0.3, 0.4) is 0 Å². The molecule has 1 N–H and O–H groups in total. The van der Waals surface area contributed by atoms with Crippen LogP contribution in [0.4, 0.5) is 11.4 Å². The molecule has 0 spiro atoms. The Morgan fingerprint density at radius 2 is 1.87 bits per heavy atom. The van der Waals surface area contributed by atoms with Crippen LogP contribution in [0.25, 0.3) is 0 Å². The van der Waals surface area contributed by atoms with Gasteiger partial charge in [-0.05, 0) is 24.3 Å². The number of phenolic OH excluding ortho intramolecular Hbond substituents is 1. The van der Waals surface area contributed by atoms with Gasteiger partial charge in [-0.25, -0.2) is 0 Å². The van der Waals surface area contributed by atoms with Crippen molar-refractivity contribution in [3.8, 4) is 5.75 Å². The van der Waals surface area contributed by atoms with Crippen molar-refractivity contribution in [3.05, 3.63) is 36.7 Å². The Bertz CT molecular complexity index is 447. The van der Waals surface area contributed by atoms with Gasteiger partial charge >= 0.3 is 0 Å². The Labute approximate surface area is 88.4 Å². The fraction of sp³-hybridized carbons (Fsp3) is 0.182. The van der Waals surface area contributed by atoms with Crippen molar-refractivity contribution < 1.29 is 5.11 Å². The van der Waals surface area contributed by atoms with Gasteiger partial charge in [0.25, 0.3) is 0 Å². The third-order valence-electron chi connectivity index (χ3n) is 2.32. The summed E-state index contributed by atoms with van der Waals surface area (Å²) in [4.78, 5) is 2.01. The molecule has 4 heteroatoms. The first-order valence-electron chi connectivity index (χ1n) is 4.68. The van der Waals surface area contributed by atoms with Crippen LogP contribution in [0.1, 0.15) is 0 Å². The molecule has 0 aliphatic carbocycles. The zero-order chi connectivity index (χ0) is 10.8. The van der Waals surface area contributed by atoms with Crippen molar-refractivity contribution in [2.45, 2.75) is 0 Å². The van der Waals surface area contributed by atoms with Crippen LogP contribution in [-0.4, -0.2) is 21.9 Å². The SMILES string of the molecule is CN(c1ccc(O)cc1)c1cnn(C)c1. The second kappa shape index (κ2) is 3.65. The summed E-state index contributed by atoms with van der Waals surface area (Å²) in [5.74, 6) is 0.276. The second-order valence-corrected chi connectivity index (χ2v) is 3.45. The lowest BCUT2D eigenvalue weighted by Crippen LogP contribution is -2.08. The standard InChI is InChI=1S/C11H13N3O/c1-13-8-10(7-12-13)14(2)9-3-5-11(15)6-4-9/h3-8,15H,1-2H3. The number of hydrogen-bond donors (Lipinski definition) is 1. The maximum absolute atomic E-state index is 9.18. The van der Waals surface area contributed by atoms with Gasteiger partial charge in [0, 0.05) is 26.0 Å². The van der Waals surface area contributed by atoms with Gasteiger partial charge < -0.3 is 10.0 Å². The predicted molar refractivity (Wildman–Crippen MR) is 59.4 cm³/mol. The minimum absolute atomic E-state index is 0.276. The molecule has 0 fully saturated rings. The van der Waals surface area contributed by atoms with Gasteiger partial charge in [0.15, 0.2) is 0 Å². The molecule has 0 radical (unpaired) electrons. The van der Waals surface area contributed by atoms with Crippen LogP contribution in [0.5, 0.6) is 5.75 Å². The molecule has 4 nitrogen and oxygen atoms in total. The van der Waals surface area contributed by atoms with Crippen molar-refractivity contribution in [1.82, 2.24) is 9.78 Å². The molecule has 0 saturated carbocycles. The molecular weight excluding hydrogens is 190 g/mol. The van der Waals surface area contributed by atoms with E-state index in [-0.39, 0.29) is 5.75 Å². The number of benzene rings is 1. The molecular formula is C11H13N3O. The molecule has 78 valence electrons. The fourth-order valence-corrected chi connectivity index (χ4v) is 1.41. The molecule has 0 amide bonds. The average molecular weight is 203 g/mol. The summed E-state index contributed by atoms with van der Waals surface area (Å²) in [7, 11) is 3.84. The maximum Gasteiger partial charge on any atom is 0.115 e. The van der Waals surface area contributed by atoms with Crippen molar-refractivity contribution in [2.24, 2.45) is 7.05 Å². The number of aromatic nitrogens is 2. The van der Waals surface area contributed by atoms with Crippen molar-refractivity contribution in [1.29, 1.82) is 0 Å². The molecule has 1 aromatic carbocycles. The predicted octanol–water partition coefficient (Wildman–Crippen LogP) is 1.89. The Morgan fingerprint density at radius 1 is 1.20 bits per heavy atom. The lowest BCUT2D eigenvalue weighted by Gasteiger charge is -2.16. The van der Waals surface area contributed by atoms with Gasteiger partial charge in [-0.1, -0.05) is 0 Å². The number of aromatic hydroxyl groups is 1. The molecule has 0 saturated heterocycles. The maximum atomic E-state index is 9.18. The summed E-state index contributed by atoms with van der Waals surface area (Å²) >= 11 is 0. The van der Waals surface area contributed by atoms with E-state index in [9.17, 15) is 5.11 Å². The summed E-state index contributed by atoms with van der Waals surface area (Å²) in [6, 6.07) is 7.06. The highest BCUT2D eigenvalue weighted by Crippen LogP contribution is 2.24. The van der Waals surface area contributed by atoms with E-state index in [4.69, 9.17) is 0 Å². The van der Waals surface area contributed by atoms with E-state index in [1.54, 1.807) is 23.0 Å². The highest BCUT2D eigenvalue weighted by atomic mass is 16.3. The van der Waals surface area contributed by atoms with Crippen LogP contribution >= 0.6 is 0 Å². The molecule has 0 bridgehead atoms. The monoisotopic (exact) mass is 203 g/mol. The zero-order valence-electron chi connectivity index (χ0n) is 8.75. The molecule has 2 aromatic rings. The normalized spacial score (nSPS) is 10.3. The van der Waals surface area contributed by atoms with Gasteiger partial charge in [-0.2, -0.15) is 5.10 Å². The topological polar surface area (TPSA) is 41.3 Å². The van der Waals surface area contributed by atoms with Crippen molar-refractivity contribution in [2.75, 3.05) is 11.9 Å². The van der Waals surface area contributed by atoms with Gasteiger partial charge in [0.05, 0.1) is 11.9 Å². The third-order valence-corrected chi connectivity index (χ3v) is 2.32. The first-order chi connectivity index (χ1) is 7.16. The van der Waals surface area contributed by atoms with Crippen molar-refractivity contribution in [3.63, 3.8) is 0 Å². The van der Waals surface area contributed by atoms with Gasteiger partial charge in [-0.3, -0.25) is 4.68 Å². The first-order valence-corrected chi connectivity index (χ1v) is 4.68. The molecule has 2 rings (SSSR count). The van der Waals surface area contributed by atoms with E-state index in [1.807, 2.05) is 37.3 Å². The minimum atomic E-state index is 0.276. The number of aryl methyl sites for hydroxylation is 1. The minimum Gasteiger partial charge on any atom is -0.508 e. The Kier molecular flexibility index (Phi) is 2.33. The van der Waals surface area contributed by atoms with Gasteiger partial charge in [0.1, 0.15) is 5.75 Å². The van der Waals surface area contributed by atoms with E-state index in [2.05, 4.69) is 5.10 Å². The number of nitrogens with zero attached hydrogens (tertiary/aromatic N) is 3. The zero-order valence-corrected chi connectivity index (χ0v) is 8.75. The van der Waals surface area contributed by atoms with E-state index in [0.29, 0.717) is 0 Å². The van der Waals surface area contributed by atoms with Crippen LogP contribution < -0.4 is 4.90 Å². The number of hydrogen-bond acceptors (Lipinski definition) is 3. The largest absolute Gasteiger partial charge is 0.508 e. The number of phenols is 1. The molecule has 15 heavy (non-hydrogen) atoms. The van der Waals surface area contributed by atoms with Crippen LogP contribution in [-0.2, 0) is 7.05 Å². The highest BCUT2D eigenvalue weighted by molar-refractivity contribution is 5.61. The van der Waals surface area contributed by atoms with E-state index >= 15 is 0 Å². The molecule has 0 unspecified atom stereocenters. The van der Waals surface area contributed by atoms with Gasteiger partial charge in [-0.15, -0.1) is 0 Å². The fourth-order valence-electron chi connectivity index (χ4n) is 1.41. The summed E-state index contributed by atoms with van der Waals surface area (Å²) in [6.07, 6.45) is 3.74. The third kappa shape index (κ3) is 1.93. The molecule has 0 aliphatic rings. The van der Waals surface area contributed by atoms with Crippen LogP contribution in [0.15, 0.2) is 36.7 Å². The molecule has 0 atom stereocenters. The first kappa shape index (κ1) is 9.58. The molecule has 1 heterocycles. The summed E-state index contributed by atoms with van der Waals surface area (Å²) in [6.45, 7) is 0. The van der Waals surface area contributed by atoms with E-state index in [0.717, 1.165) is 11.4 Å². The number of rotatable bonds is 2. The van der Waals surface area contributed by atoms with Crippen molar-refractivity contribution >= 4 is 11.4 Å². The highest BCUT2D eigenvalue weighted by Gasteiger charge is 2.05. The Morgan fingerprint density at radius 3 is 2.40 bits per heavy atom. The lowest BCUT2D eigenvalue weighted by atomic mass is 10.3. The summed E-state index contributed by atoms with van der Waals surface area (Å²) < 4.78 is 1.76. The van der Waals surface area contributed by atoms with E-state index < -0.39 is 0 Å². The smallest absolute Gasteiger partial charge is 0.115 e. The summed E-state index contributed by atoms with van der Waals surface area (Å²) in [5.41, 5.74) is 2.03. The Balaban J connectivity index is 2.28. The van der Waals surface area contributed by atoms with Gasteiger partial charge in [0.2, 0.25) is 0 Å². The second-order valence-electron chi connectivity index (χ2n) is 3.45. The van der Waals surface area contributed by atoms with Crippen LogP contribution in [0, 0.1) is 0 Å². The average Bonchev–Trinajstić information content (AvgIpc) is 2.65. The van der Waals surface area contributed by atoms with E-state index in [1.165, 1.54) is 0 Å². The quantitative estimate of drug-likeness (QED) is 0.810.